The Morgan fingerprint density at radius 2 is 2.00 bits per heavy atom. The standard InChI is InChI=1S/C9H18N2O2S/c1-4-9(5-6-10)11-14(12,13)7-8(2)3/h8-9,11H,4-5,7H2,1-3H3. The van der Waals surface area contributed by atoms with Gasteiger partial charge in [-0.2, -0.15) is 5.26 Å². The molecular weight excluding hydrogens is 200 g/mol. The Bertz CT molecular complexity index is 290. The first-order valence-electron chi connectivity index (χ1n) is 4.78. The predicted octanol–water partition coefficient (Wildman–Crippen LogP) is 1.25. The molecule has 1 N–H and O–H groups in total. The maximum atomic E-state index is 11.5. The van der Waals surface area contributed by atoms with Gasteiger partial charge in [-0.05, 0) is 12.3 Å². The number of hydrogen-bond donors (Lipinski definition) is 1. The van der Waals surface area contributed by atoms with Crippen molar-refractivity contribution in [3.8, 4) is 6.07 Å². The van der Waals surface area contributed by atoms with Crippen molar-refractivity contribution in [1.82, 2.24) is 4.72 Å². The Morgan fingerprint density at radius 3 is 2.36 bits per heavy atom. The lowest BCUT2D eigenvalue weighted by Gasteiger charge is -2.14. The molecule has 0 radical (unpaired) electrons. The summed E-state index contributed by atoms with van der Waals surface area (Å²) in [7, 11) is -3.22. The third-order valence-electron chi connectivity index (χ3n) is 1.73. The van der Waals surface area contributed by atoms with Crippen LogP contribution in [0, 0.1) is 17.2 Å². The molecule has 0 fully saturated rings. The van der Waals surface area contributed by atoms with Gasteiger partial charge < -0.3 is 0 Å². The molecule has 1 unspecified atom stereocenters. The minimum absolute atomic E-state index is 0.104. The van der Waals surface area contributed by atoms with E-state index in [-0.39, 0.29) is 24.1 Å². The zero-order valence-corrected chi connectivity index (χ0v) is 9.76. The van der Waals surface area contributed by atoms with Gasteiger partial charge in [0.25, 0.3) is 0 Å². The summed E-state index contributed by atoms with van der Waals surface area (Å²) in [6.07, 6.45) is 0.874. The molecule has 0 rings (SSSR count). The summed E-state index contributed by atoms with van der Waals surface area (Å²) in [5, 5.41) is 8.46. The third kappa shape index (κ3) is 5.95. The van der Waals surface area contributed by atoms with Crippen molar-refractivity contribution in [1.29, 1.82) is 5.26 Å². The van der Waals surface area contributed by atoms with Crippen molar-refractivity contribution >= 4 is 10.0 Å². The number of nitrogens with one attached hydrogen (secondary N) is 1. The van der Waals surface area contributed by atoms with Crippen LogP contribution in [0.1, 0.15) is 33.6 Å². The number of hydrogen-bond acceptors (Lipinski definition) is 3. The topological polar surface area (TPSA) is 70.0 Å². The van der Waals surface area contributed by atoms with E-state index < -0.39 is 10.0 Å². The molecule has 0 aliphatic carbocycles. The Labute approximate surface area is 86.4 Å². The molecule has 4 nitrogen and oxygen atoms in total. The molecule has 1 atom stereocenters. The van der Waals surface area contributed by atoms with Crippen molar-refractivity contribution in [2.75, 3.05) is 5.75 Å². The molecule has 0 aliphatic heterocycles. The fraction of sp³-hybridized carbons (Fsp3) is 0.889. The second kappa shape index (κ2) is 5.99. The van der Waals surface area contributed by atoms with Gasteiger partial charge in [0.05, 0.1) is 18.2 Å². The van der Waals surface area contributed by atoms with E-state index in [0.29, 0.717) is 6.42 Å². The molecule has 0 aromatic rings. The first kappa shape index (κ1) is 13.4. The van der Waals surface area contributed by atoms with Crippen LogP contribution in [0.3, 0.4) is 0 Å². The van der Waals surface area contributed by atoms with Gasteiger partial charge >= 0.3 is 0 Å². The number of nitriles is 1. The monoisotopic (exact) mass is 218 g/mol. The first-order valence-corrected chi connectivity index (χ1v) is 6.43. The SMILES string of the molecule is CCC(CC#N)NS(=O)(=O)CC(C)C. The number of rotatable bonds is 6. The summed E-state index contributed by atoms with van der Waals surface area (Å²) < 4.78 is 25.5. The van der Waals surface area contributed by atoms with Crippen LogP contribution in [0.2, 0.25) is 0 Å². The van der Waals surface area contributed by atoms with Crippen molar-refractivity contribution in [3.63, 3.8) is 0 Å². The Morgan fingerprint density at radius 1 is 1.43 bits per heavy atom. The molecule has 0 spiro atoms. The molecule has 0 heterocycles. The highest BCUT2D eigenvalue weighted by Crippen LogP contribution is 2.03. The molecule has 82 valence electrons. The van der Waals surface area contributed by atoms with Crippen LogP contribution in [0.5, 0.6) is 0 Å². The van der Waals surface area contributed by atoms with Crippen LogP contribution in [0.4, 0.5) is 0 Å². The van der Waals surface area contributed by atoms with Gasteiger partial charge in [0.2, 0.25) is 10.0 Å². The van der Waals surface area contributed by atoms with E-state index in [0.717, 1.165) is 0 Å². The summed E-state index contributed by atoms with van der Waals surface area (Å²) >= 11 is 0. The molecule has 0 saturated carbocycles. The van der Waals surface area contributed by atoms with Gasteiger partial charge in [-0.15, -0.1) is 0 Å². The van der Waals surface area contributed by atoms with Crippen LogP contribution in [-0.4, -0.2) is 20.2 Å². The second-order valence-corrected chi connectivity index (χ2v) is 5.56. The van der Waals surface area contributed by atoms with Gasteiger partial charge in [-0.25, -0.2) is 13.1 Å². The zero-order valence-electron chi connectivity index (χ0n) is 8.95. The van der Waals surface area contributed by atoms with Gasteiger partial charge in [-0.1, -0.05) is 20.8 Å². The quantitative estimate of drug-likeness (QED) is 0.729. The van der Waals surface area contributed by atoms with E-state index in [9.17, 15) is 8.42 Å². The van der Waals surface area contributed by atoms with E-state index in [2.05, 4.69) is 4.72 Å². The van der Waals surface area contributed by atoms with Gasteiger partial charge in [-0.3, -0.25) is 0 Å². The molecule has 0 bridgehead atoms. The summed E-state index contributed by atoms with van der Waals surface area (Å²) in [6, 6.07) is 1.72. The molecule has 14 heavy (non-hydrogen) atoms. The highest BCUT2D eigenvalue weighted by atomic mass is 32.2. The molecule has 0 amide bonds. The normalized spacial score (nSPS) is 13.9. The molecule has 0 aliphatic rings. The highest BCUT2D eigenvalue weighted by Gasteiger charge is 2.17. The average Bonchev–Trinajstić information content (AvgIpc) is 2.00. The van der Waals surface area contributed by atoms with Crippen LogP contribution in [0.15, 0.2) is 0 Å². The zero-order chi connectivity index (χ0) is 11.2. The lowest BCUT2D eigenvalue weighted by Crippen LogP contribution is -2.36. The average molecular weight is 218 g/mol. The molecule has 0 aromatic carbocycles. The van der Waals surface area contributed by atoms with Crippen LogP contribution >= 0.6 is 0 Å². The smallest absolute Gasteiger partial charge is 0.212 e. The van der Waals surface area contributed by atoms with E-state index in [1.807, 2.05) is 26.8 Å². The van der Waals surface area contributed by atoms with Crippen LogP contribution < -0.4 is 4.72 Å². The third-order valence-corrected chi connectivity index (χ3v) is 3.53. The minimum Gasteiger partial charge on any atom is -0.212 e. The lowest BCUT2D eigenvalue weighted by atomic mass is 10.2. The highest BCUT2D eigenvalue weighted by molar-refractivity contribution is 7.89. The summed E-state index contributed by atoms with van der Waals surface area (Å²) in [5.74, 6) is 0.224. The van der Waals surface area contributed by atoms with Crippen molar-refractivity contribution in [3.05, 3.63) is 0 Å². The Kier molecular flexibility index (Phi) is 5.73. The Balaban J connectivity index is 4.27. The lowest BCUT2D eigenvalue weighted by molar-refractivity contribution is 0.534. The van der Waals surface area contributed by atoms with Crippen LogP contribution in [-0.2, 0) is 10.0 Å². The number of nitrogens with zero attached hydrogens (tertiary/aromatic N) is 1. The molecular formula is C9H18N2O2S. The maximum absolute atomic E-state index is 11.5. The molecule has 5 heteroatoms. The molecule has 0 saturated heterocycles. The van der Waals surface area contributed by atoms with Crippen molar-refractivity contribution in [2.24, 2.45) is 5.92 Å². The van der Waals surface area contributed by atoms with Crippen LogP contribution in [0.25, 0.3) is 0 Å². The van der Waals surface area contributed by atoms with Gasteiger partial charge in [0, 0.05) is 6.04 Å². The Hall–Kier alpha value is -0.600. The minimum atomic E-state index is -3.22. The van der Waals surface area contributed by atoms with Gasteiger partial charge in [0.1, 0.15) is 0 Å². The maximum Gasteiger partial charge on any atom is 0.212 e. The van der Waals surface area contributed by atoms with E-state index in [4.69, 9.17) is 5.26 Å². The fourth-order valence-electron chi connectivity index (χ4n) is 1.12. The van der Waals surface area contributed by atoms with E-state index in [1.54, 1.807) is 0 Å². The largest absolute Gasteiger partial charge is 0.212 e. The second-order valence-electron chi connectivity index (χ2n) is 3.76. The van der Waals surface area contributed by atoms with E-state index >= 15 is 0 Å². The summed E-state index contributed by atoms with van der Waals surface area (Å²) in [6.45, 7) is 5.56. The molecule has 0 aromatic heterocycles. The first-order chi connectivity index (χ1) is 6.41. The summed E-state index contributed by atoms with van der Waals surface area (Å²) in [4.78, 5) is 0. The fourth-order valence-corrected chi connectivity index (χ4v) is 2.85. The number of sulfonamides is 1. The van der Waals surface area contributed by atoms with Crippen molar-refractivity contribution < 1.29 is 8.42 Å². The van der Waals surface area contributed by atoms with Crippen molar-refractivity contribution in [2.45, 2.75) is 39.7 Å². The predicted molar refractivity (Wildman–Crippen MR) is 56.1 cm³/mol. The van der Waals surface area contributed by atoms with E-state index in [1.165, 1.54) is 0 Å². The summed E-state index contributed by atoms with van der Waals surface area (Å²) in [5.41, 5.74) is 0. The van der Waals surface area contributed by atoms with Gasteiger partial charge in [0.15, 0.2) is 0 Å².